The predicted molar refractivity (Wildman–Crippen MR) is 81.1 cm³/mol. The predicted octanol–water partition coefficient (Wildman–Crippen LogP) is 2.66. The maximum Gasteiger partial charge on any atom is 0.240 e. The summed E-state index contributed by atoms with van der Waals surface area (Å²) in [5, 5.41) is 0.494. The molecule has 1 saturated carbocycles. The fraction of sp³-hybridized carbons (Fsp3) is 0.571. The summed E-state index contributed by atoms with van der Waals surface area (Å²) >= 11 is 5.96. The Hall–Kier alpha value is -0.620. The maximum atomic E-state index is 12.4. The van der Waals surface area contributed by atoms with Crippen molar-refractivity contribution in [1.82, 2.24) is 4.72 Å². The van der Waals surface area contributed by atoms with Gasteiger partial charge in [0.25, 0.3) is 0 Å². The molecule has 1 aliphatic carbocycles. The first-order valence-electron chi connectivity index (χ1n) is 6.74. The standard InChI is InChI=1S/C14H21ClN2O2S/c1-14(2)6-5-11(8-14)17-20(18,19)12-3-4-13(15)10(7-12)9-16/h3-4,7,11,17H,5-6,8-9,16H2,1-2H3. The van der Waals surface area contributed by atoms with Gasteiger partial charge in [-0.25, -0.2) is 13.1 Å². The molecule has 0 aromatic heterocycles. The van der Waals surface area contributed by atoms with Crippen LogP contribution in [0.4, 0.5) is 0 Å². The number of sulfonamides is 1. The highest BCUT2D eigenvalue weighted by atomic mass is 35.5. The Balaban J connectivity index is 2.19. The number of nitrogens with two attached hydrogens (primary N) is 1. The Bertz CT molecular complexity index is 599. The average Bonchev–Trinajstić information content (AvgIpc) is 2.68. The van der Waals surface area contributed by atoms with E-state index >= 15 is 0 Å². The lowest BCUT2D eigenvalue weighted by Crippen LogP contribution is -2.33. The largest absolute Gasteiger partial charge is 0.326 e. The molecule has 1 fully saturated rings. The molecule has 0 spiro atoms. The van der Waals surface area contributed by atoms with Crippen molar-refractivity contribution < 1.29 is 8.42 Å². The zero-order valence-electron chi connectivity index (χ0n) is 11.8. The van der Waals surface area contributed by atoms with E-state index < -0.39 is 10.0 Å². The highest BCUT2D eigenvalue weighted by Crippen LogP contribution is 2.37. The molecular formula is C14H21ClN2O2S. The second-order valence-corrected chi connectivity index (χ2v) is 8.30. The van der Waals surface area contributed by atoms with Gasteiger partial charge in [-0.05, 0) is 48.4 Å². The summed E-state index contributed by atoms with van der Waals surface area (Å²) in [6, 6.07) is 4.65. The first kappa shape index (κ1) is 15.8. The molecule has 112 valence electrons. The van der Waals surface area contributed by atoms with Crippen LogP contribution in [0.5, 0.6) is 0 Å². The van der Waals surface area contributed by atoms with Gasteiger partial charge < -0.3 is 5.73 Å². The smallest absolute Gasteiger partial charge is 0.240 e. The van der Waals surface area contributed by atoms with Crippen molar-refractivity contribution in [2.75, 3.05) is 0 Å². The summed E-state index contributed by atoms with van der Waals surface area (Å²) in [7, 11) is -3.51. The summed E-state index contributed by atoms with van der Waals surface area (Å²) in [5.41, 5.74) is 6.41. The fourth-order valence-electron chi connectivity index (χ4n) is 2.70. The van der Waals surface area contributed by atoms with Crippen LogP contribution < -0.4 is 10.5 Å². The second-order valence-electron chi connectivity index (χ2n) is 6.18. The Kier molecular flexibility index (Phi) is 4.44. The van der Waals surface area contributed by atoms with Crippen molar-refractivity contribution in [3.8, 4) is 0 Å². The van der Waals surface area contributed by atoms with Crippen LogP contribution in [0.1, 0.15) is 38.7 Å². The van der Waals surface area contributed by atoms with Gasteiger partial charge in [0.15, 0.2) is 0 Å². The van der Waals surface area contributed by atoms with Gasteiger partial charge in [0, 0.05) is 17.6 Å². The van der Waals surface area contributed by atoms with Gasteiger partial charge in [-0.1, -0.05) is 25.4 Å². The number of hydrogen-bond donors (Lipinski definition) is 2. The van der Waals surface area contributed by atoms with E-state index in [0.29, 0.717) is 10.6 Å². The third-order valence-electron chi connectivity index (χ3n) is 3.84. The van der Waals surface area contributed by atoms with E-state index in [4.69, 9.17) is 17.3 Å². The van der Waals surface area contributed by atoms with E-state index in [9.17, 15) is 8.42 Å². The van der Waals surface area contributed by atoms with Crippen LogP contribution in [0.25, 0.3) is 0 Å². The Morgan fingerprint density at radius 1 is 1.45 bits per heavy atom. The van der Waals surface area contributed by atoms with Gasteiger partial charge in [0.1, 0.15) is 0 Å². The van der Waals surface area contributed by atoms with Crippen molar-refractivity contribution in [3.63, 3.8) is 0 Å². The number of nitrogens with one attached hydrogen (secondary N) is 1. The summed E-state index contributed by atoms with van der Waals surface area (Å²) < 4.78 is 27.6. The molecule has 1 atom stereocenters. The van der Waals surface area contributed by atoms with E-state index in [1.807, 2.05) is 0 Å². The molecule has 3 N–H and O–H groups in total. The third kappa shape index (κ3) is 3.52. The van der Waals surface area contributed by atoms with Crippen molar-refractivity contribution >= 4 is 21.6 Å². The quantitative estimate of drug-likeness (QED) is 0.897. The maximum absolute atomic E-state index is 12.4. The van der Waals surface area contributed by atoms with Crippen molar-refractivity contribution in [2.24, 2.45) is 11.1 Å². The molecule has 1 aliphatic rings. The number of halogens is 1. The Morgan fingerprint density at radius 2 is 2.15 bits per heavy atom. The monoisotopic (exact) mass is 316 g/mol. The summed E-state index contributed by atoms with van der Waals surface area (Å²) in [5.74, 6) is 0. The zero-order valence-corrected chi connectivity index (χ0v) is 13.4. The van der Waals surface area contributed by atoms with Crippen LogP contribution in [-0.4, -0.2) is 14.5 Å². The van der Waals surface area contributed by atoms with E-state index in [-0.39, 0.29) is 22.9 Å². The van der Waals surface area contributed by atoms with E-state index in [1.54, 1.807) is 12.1 Å². The highest BCUT2D eigenvalue weighted by Gasteiger charge is 2.33. The Labute approximate surface area is 125 Å². The van der Waals surface area contributed by atoms with Gasteiger partial charge in [-0.2, -0.15) is 0 Å². The van der Waals surface area contributed by atoms with Crippen molar-refractivity contribution in [2.45, 2.75) is 50.6 Å². The Morgan fingerprint density at radius 3 is 2.70 bits per heavy atom. The molecule has 0 saturated heterocycles. The van der Waals surface area contributed by atoms with Gasteiger partial charge >= 0.3 is 0 Å². The van der Waals surface area contributed by atoms with Gasteiger partial charge in [-0.3, -0.25) is 0 Å². The molecule has 1 aromatic rings. The molecule has 1 aromatic carbocycles. The van der Waals surface area contributed by atoms with Crippen LogP contribution in [0.15, 0.2) is 23.1 Å². The molecule has 2 rings (SSSR count). The fourth-order valence-corrected chi connectivity index (χ4v) is 4.21. The molecule has 0 amide bonds. The van der Waals surface area contributed by atoms with Crippen LogP contribution in [-0.2, 0) is 16.6 Å². The lowest BCUT2D eigenvalue weighted by atomic mass is 9.92. The van der Waals surface area contributed by atoms with E-state index in [1.165, 1.54) is 6.07 Å². The molecule has 0 heterocycles. The van der Waals surface area contributed by atoms with Gasteiger partial charge in [-0.15, -0.1) is 0 Å². The highest BCUT2D eigenvalue weighted by molar-refractivity contribution is 7.89. The van der Waals surface area contributed by atoms with Crippen LogP contribution >= 0.6 is 11.6 Å². The normalized spacial score (nSPS) is 22.1. The summed E-state index contributed by atoms with van der Waals surface area (Å²) in [6.45, 7) is 4.55. The molecular weight excluding hydrogens is 296 g/mol. The summed E-state index contributed by atoms with van der Waals surface area (Å²) in [4.78, 5) is 0.229. The first-order chi connectivity index (χ1) is 9.23. The zero-order chi connectivity index (χ0) is 15.0. The van der Waals surface area contributed by atoms with Gasteiger partial charge in [0.2, 0.25) is 10.0 Å². The minimum Gasteiger partial charge on any atom is -0.326 e. The minimum atomic E-state index is -3.51. The minimum absolute atomic E-state index is 0.00649. The van der Waals surface area contributed by atoms with Crippen LogP contribution in [0, 0.1) is 5.41 Å². The number of rotatable bonds is 4. The molecule has 20 heavy (non-hydrogen) atoms. The molecule has 6 heteroatoms. The van der Waals surface area contributed by atoms with Crippen LogP contribution in [0.3, 0.4) is 0 Å². The average molecular weight is 317 g/mol. The third-order valence-corrected chi connectivity index (χ3v) is 5.72. The second kappa shape index (κ2) is 5.64. The number of benzene rings is 1. The SMILES string of the molecule is CC1(C)CCC(NS(=O)(=O)c2ccc(Cl)c(CN)c2)C1. The first-order valence-corrected chi connectivity index (χ1v) is 8.60. The molecule has 0 aliphatic heterocycles. The van der Waals surface area contributed by atoms with Crippen molar-refractivity contribution in [3.05, 3.63) is 28.8 Å². The van der Waals surface area contributed by atoms with E-state index in [0.717, 1.165) is 19.3 Å². The topological polar surface area (TPSA) is 72.2 Å². The van der Waals surface area contributed by atoms with Crippen molar-refractivity contribution in [1.29, 1.82) is 0 Å². The van der Waals surface area contributed by atoms with E-state index in [2.05, 4.69) is 18.6 Å². The lowest BCUT2D eigenvalue weighted by molar-refractivity contribution is 0.372. The van der Waals surface area contributed by atoms with Gasteiger partial charge in [0.05, 0.1) is 4.90 Å². The van der Waals surface area contributed by atoms with Crippen LogP contribution in [0.2, 0.25) is 5.02 Å². The molecule has 0 radical (unpaired) electrons. The molecule has 0 bridgehead atoms. The molecule has 1 unspecified atom stereocenters. The lowest BCUT2D eigenvalue weighted by Gasteiger charge is -2.18. The molecule has 4 nitrogen and oxygen atoms in total. The number of hydrogen-bond acceptors (Lipinski definition) is 3. The summed E-state index contributed by atoms with van der Waals surface area (Å²) in [6.07, 6.45) is 2.78.